The molecule has 0 atom stereocenters. The molecule has 0 unspecified atom stereocenters. The summed E-state index contributed by atoms with van der Waals surface area (Å²) in [6.45, 7) is 1.76. The molecule has 0 saturated carbocycles. The van der Waals surface area contributed by atoms with Crippen molar-refractivity contribution >= 4 is 11.7 Å². The maximum Gasteiger partial charge on any atom is 0.292 e. The molecule has 2 rings (SSSR count). The molecule has 102 valence electrons. The second-order valence-electron chi connectivity index (χ2n) is 4.34. The Morgan fingerprint density at radius 3 is 2.75 bits per heavy atom. The number of ketones is 1. The van der Waals surface area contributed by atoms with Crippen molar-refractivity contribution in [1.82, 2.24) is 10.3 Å². The van der Waals surface area contributed by atoms with Crippen molar-refractivity contribution in [1.29, 1.82) is 0 Å². The highest BCUT2D eigenvalue weighted by molar-refractivity contribution is 6.42. The predicted molar refractivity (Wildman–Crippen MR) is 71.6 cm³/mol. The van der Waals surface area contributed by atoms with Gasteiger partial charge >= 0.3 is 0 Å². The molecule has 20 heavy (non-hydrogen) atoms. The lowest BCUT2D eigenvalue weighted by Crippen LogP contribution is -2.30. The van der Waals surface area contributed by atoms with E-state index >= 15 is 0 Å². The predicted octanol–water partition coefficient (Wildman–Crippen LogP) is 2.03. The molecular formula is C15H13FN2O2. The molecule has 1 amide bonds. The van der Waals surface area contributed by atoms with Gasteiger partial charge in [0.15, 0.2) is 0 Å². The van der Waals surface area contributed by atoms with Crippen LogP contribution < -0.4 is 5.32 Å². The average Bonchev–Trinajstić information content (AvgIpc) is 2.48. The molecule has 0 aliphatic carbocycles. The summed E-state index contributed by atoms with van der Waals surface area (Å²) in [5, 5.41) is 2.51. The standard InChI is InChI=1S/C15H13FN2O2/c1-10-7-12(4-5-13(10)16)14(19)15(20)18-9-11-3-2-6-17-8-11/h2-8H,9H2,1H3,(H,18,20). The summed E-state index contributed by atoms with van der Waals surface area (Å²) in [7, 11) is 0. The van der Waals surface area contributed by atoms with E-state index in [4.69, 9.17) is 0 Å². The molecule has 1 N–H and O–H groups in total. The molecule has 1 aromatic heterocycles. The third-order valence-electron chi connectivity index (χ3n) is 2.80. The van der Waals surface area contributed by atoms with Gasteiger partial charge in [0.25, 0.3) is 5.91 Å². The van der Waals surface area contributed by atoms with Gasteiger partial charge in [-0.05, 0) is 42.3 Å². The lowest BCUT2D eigenvalue weighted by atomic mass is 10.1. The molecule has 2 aromatic rings. The number of nitrogens with one attached hydrogen (secondary N) is 1. The van der Waals surface area contributed by atoms with Gasteiger partial charge in [-0.2, -0.15) is 0 Å². The number of aromatic nitrogens is 1. The number of benzene rings is 1. The Labute approximate surface area is 115 Å². The fourth-order valence-corrected chi connectivity index (χ4v) is 1.68. The Hall–Kier alpha value is -2.56. The van der Waals surface area contributed by atoms with Gasteiger partial charge in [0.1, 0.15) is 5.82 Å². The third-order valence-corrected chi connectivity index (χ3v) is 2.80. The van der Waals surface area contributed by atoms with Crippen LogP contribution in [0.3, 0.4) is 0 Å². The van der Waals surface area contributed by atoms with Crippen LogP contribution in [0.4, 0.5) is 4.39 Å². The van der Waals surface area contributed by atoms with E-state index in [9.17, 15) is 14.0 Å². The summed E-state index contributed by atoms with van der Waals surface area (Å²) in [5.74, 6) is -1.81. The number of halogens is 1. The first kappa shape index (κ1) is 13.9. The maximum absolute atomic E-state index is 13.1. The molecular weight excluding hydrogens is 259 g/mol. The highest BCUT2D eigenvalue weighted by Gasteiger charge is 2.16. The summed E-state index contributed by atoms with van der Waals surface area (Å²) in [4.78, 5) is 27.5. The molecule has 4 nitrogen and oxygen atoms in total. The molecule has 0 radical (unpaired) electrons. The summed E-state index contributed by atoms with van der Waals surface area (Å²) in [6.07, 6.45) is 3.23. The number of rotatable bonds is 4. The summed E-state index contributed by atoms with van der Waals surface area (Å²) in [6, 6.07) is 7.37. The SMILES string of the molecule is Cc1cc(C(=O)C(=O)NCc2cccnc2)ccc1F. The Bertz CT molecular complexity index is 642. The lowest BCUT2D eigenvalue weighted by Gasteiger charge is -2.05. The summed E-state index contributed by atoms with van der Waals surface area (Å²) >= 11 is 0. The first-order chi connectivity index (χ1) is 9.58. The van der Waals surface area contributed by atoms with Crippen LogP contribution in [-0.2, 0) is 11.3 Å². The number of aryl methyl sites for hydroxylation is 1. The average molecular weight is 272 g/mol. The number of carbonyl (C=O) groups excluding carboxylic acids is 2. The summed E-state index contributed by atoms with van der Waals surface area (Å²) < 4.78 is 13.1. The minimum absolute atomic E-state index is 0.174. The van der Waals surface area contributed by atoms with E-state index in [0.717, 1.165) is 5.56 Å². The van der Waals surface area contributed by atoms with Gasteiger partial charge in [0.05, 0.1) is 0 Å². The van der Waals surface area contributed by atoms with Gasteiger partial charge in [-0.15, -0.1) is 0 Å². The van der Waals surface area contributed by atoms with Gasteiger partial charge in [-0.1, -0.05) is 6.07 Å². The Balaban J connectivity index is 2.02. The van der Waals surface area contributed by atoms with Gasteiger partial charge < -0.3 is 5.32 Å². The van der Waals surface area contributed by atoms with E-state index < -0.39 is 17.5 Å². The molecule has 1 heterocycles. The van der Waals surface area contributed by atoms with Crippen molar-refractivity contribution in [2.75, 3.05) is 0 Å². The van der Waals surface area contributed by atoms with E-state index in [1.165, 1.54) is 18.2 Å². The van der Waals surface area contributed by atoms with Gasteiger partial charge in [-0.3, -0.25) is 14.6 Å². The number of amides is 1. The zero-order valence-electron chi connectivity index (χ0n) is 10.9. The van der Waals surface area contributed by atoms with Crippen LogP contribution >= 0.6 is 0 Å². The smallest absolute Gasteiger partial charge is 0.292 e. The van der Waals surface area contributed by atoms with Crippen LogP contribution in [0.25, 0.3) is 0 Å². The van der Waals surface area contributed by atoms with Crippen LogP contribution in [0, 0.1) is 12.7 Å². The van der Waals surface area contributed by atoms with Crippen LogP contribution in [0.15, 0.2) is 42.7 Å². The van der Waals surface area contributed by atoms with Crippen LogP contribution in [0.2, 0.25) is 0 Å². The number of hydrogen-bond donors (Lipinski definition) is 1. The topological polar surface area (TPSA) is 59.1 Å². The monoisotopic (exact) mass is 272 g/mol. The quantitative estimate of drug-likeness (QED) is 0.684. The Morgan fingerprint density at radius 2 is 2.10 bits per heavy atom. The van der Waals surface area contributed by atoms with Crippen molar-refractivity contribution in [2.45, 2.75) is 13.5 Å². The molecule has 1 aromatic carbocycles. The maximum atomic E-state index is 13.1. The normalized spacial score (nSPS) is 10.1. The number of Topliss-reactive ketones (excluding diaryl/α,β-unsaturated/α-hetero) is 1. The third kappa shape index (κ3) is 3.26. The number of carbonyl (C=O) groups is 2. The Kier molecular flexibility index (Phi) is 4.20. The van der Waals surface area contributed by atoms with Crippen LogP contribution in [0.5, 0.6) is 0 Å². The lowest BCUT2D eigenvalue weighted by molar-refractivity contribution is -0.117. The van der Waals surface area contributed by atoms with Gasteiger partial charge in [-0.25, -0.2) is 4.39 Å². The van der Waals surface area contributed by atoms with E-state index in [0.29, 0.717) is 5.56 Å². The number of pyridine rings is 1. The fraction of sp³-hybridized carbons (Fsp3) is 0.133. The second kappa shape index (κ2) is 6.06. The highest BCUT2D eigenvalue weighted by atomic mass is 19.1. The molecule has 0 bridgehead atoms. The van der Waals surface area contributed by atoms with Crippen molar-refractivity contribution in [3.63, 3.8) is 0 Å². The minimum Gasteiger partial charge on any atom is -0.345 e. The molecule has 0 fully saturated rings. The zero-order chi connectivity index (χ0) is 14.5. The van der Waals surface area contributed by atoms with Crippen molar-refractivity contribution in [3.8, 4) is 0 Å². The summed E-state index contributed by atoms with van der Waals surface area (Å²) in [5.41, 5.74) is 1.30. The second-order valence-corrected chi connectivity index (χ2v) is 4.34. The number of nitrogens with zero attached hydrogens (tertiary/aromatic N) is 1. The number of hydrogen-bond acceptors (Lipinski definition) is 3. The molecule has 0 aliphatic heterocycles. The molecule has 0 spiro atoms. The van der Waals surface area contributed by atoms with Crippen molar-refractivity contribution < 1.29 is 14.0 Å². The highest BCUT2D eigenvalue weighted by Crippen LogP contribution is 2.10. The Morgan fingerprint density at radius 1 is 1.30 bits per heavy atom. The first-order valence-corrected chi connectivity index (χ1v) is 6.05. The van der Waals surface area contributed by atoms with Gasteiger partial charge in [0, 0.05) is 24.5 Å². The molecule has 0 saturated heterocycles. The fourth-order valence-electron chi connectivity index (χ4n) is 1.68. The zero-order valence-corrected chi connectivity index (χ0v) is 10.9. The van der Waals surface area contributed by atoms with Crippen LogP contribution in [0.1, 0.15) is 21.5 Å². The first-order valence-electron chi connectivity index (χ1n) is 6.05. The van der Waals surface area contributed by atoms with E-state index in [1.54, 1.807) is 31.5 Å². The molecule has 0 aliphatic rings. The molecule has 5 heteroatoms. The van der Waals surface area contributed by atoms with E-state index in [1.807, 2.05) is 0 Å². The van der Waals surface area contributed by atoms with E-state index in [2.05, 4.69) is 10.3 Å². The largest absolute Gasteiger partial charge is 0.345 e. The van der Waals surface area contributed by atoms with Crippen molar-refractivity contribution in [3.05, 3.63) is 65.2 Å². The minimum atomic E-state index is -0.722. The van der Waals surface area contributed by atoms with Crippen molar-refractivity contribution in [2.24, 2.45) is 0 Å². The van der Waals surface area contributed by atoms with Crippen LogP contribution in [-0.4, -0.2) is 16.7 Å². The van der Waals surface area contributed by atoms with Gasteiger partial charge in [0.2, 0.25) is 5.78 Å². The van der Waals surface area contributed by atoms with E-state index in [-0.39, 0.29) is 12.1 Å².